The number of halogens is 1. The number of amides is 2. The molecule has 37 heavy (non-hydrogen) atoms. The second-order valence-electron chi connectivity index (χ2n) is 12.3. The lowest BCUT2D eigenvalue weighted by Gasteiger charge is -2.36. The first kappa shape index (κ1) is 25.9. The van der Waals surface area contributed by atoms with E-state index in [2.05, 4.69) is 10.2 Å². The van der Waals surface area contributed by atoms with Crippen LogP contribution < -0.4 is 16.0 Å². The average molecular weight is 515 g/mol. The fourth-order valence-electron chi connectivity index (χ4n) is 6.84. The van der Waals surface area contributed by atoms with Gasteiger partial charge in [0.1, 0.15) is 11.4 Å². The number of likely N-dealkylation sites (tertiary alicyclic amines) is 1. The summed E-state index contributed by atoms with van der Waals surface area (Å²) in [4.78, 5) is 42.5. The van der Waals surface area contributed by atoms with E-state index in [1.165, 1.54) is 6.07 Å². The molecule has 5 rings (SSSR count). The Morgan fingerprint density at radius 2 is 1.95 bits per heavy atom. The molecule has 2 amide bonds. The molecule has 1 saturated carbocycles. The number of hydrogen-bond acceptors (Lipinski definition) is 6. The van der Waals surface area contributed by atoms with Crippen molar-refractivity contribution in [2.45, 2.75) is 83.0 Å². The number of carbonyl (C=O) groups excluding carboxylic acids is 3. The average Bonchev–Trinajstić information content (AvgIpc) is 3.58. The zero-order valence-corrected chi connectivity index (χ0v) is 22.0. The molecule has 202 valence electrons. The highest BCUT2D eigenvalue weighted by molar-refractivity contribution is 5.92. The van der Waals surface area contributed by atoms with E-state index < -0.39 is 35.4 Å². The minimum Gasteiger partial charge on any atom is -0.444 e. The van der Waals surface area contributed by atoms with Gasteiger partial charge >= 0.3 is 6.09 Å². The Bertz CT molecular complexity index is 1060. The molecule has 4 fully saturated rings. The van der Waals surface area contributed by atoms with Crippen molar-refractivity contribution in [3.05, 3.63) is 29.6 Å². The van der Waals surface area contributed by atoms with E-state index in [9.17, 15) is 14.4 Å². The number of piperidine rings is 1. The number of Topliss-reactive ketones (excluding diaryl/α,β-unsaturated/α-hetero) is 1. The summed E-state index contributed by atoms with van der Waals surface area (Å²) in [6.07, 6.45) is 3.06. The van der Waals surface area contributed by atoms with Gasteiger partial charge in [0, 0.05) is 43.2 Å². The largest absolute Gasteiger partial charge is 0.444 e. The van der Waals surface area contributed by atoms with E-state index in [1.54, 1.807) is 31.7 Å². The summed E-state index contributed by atoms with van der Waals surface area (Å²) in [5, 5.41) is 3.50. The lowest BCUT2D eigenvalue weighted by molar-refractivity contribution is -0.131. The molecule has 4 aliphatic rings. The van der Waals surface area contributed by atoms with Crippen molar-refractivity contribution in [1.29, 1.82) is 0 Å². The summed E-state index contributed by atoms with van der Waals surface area (Å²) in [5.74, 6) is -1.42. The maximum Gasteiger partial charge on any atom is 0.411 e. The van der Waals surface area contributed by atoms with Gasteiger partial charge in [-0.2, -0.15) is 0 Å². The van der Waals surface area contributed by atoms with E-state index in [0.717, 1.165) is 51.0 Å². The molecule has 9 heteroatoms. The molecule has 3 aliphatic heterocycles. The first-order valence-corrected chi connectivity index (χ1v) is 13.6. The van der Waals surface area contributed by atoms with Crippen LogP contribution in [0.3, 0.4) is 0 Å². The Morgan fingerprint density at radius 3 is 2.62 bits per heavy atom. The zero-order chi connectivity index (χ0) is 26.5. The first-order valence-electron chi connectivity index (χ1n) is 13.6. The molecule has 0 spiro atoms. The molecule has 8 nitrogen and oxygen atoms in total. The van der Waals surface area contributed by atoms with E-state index in [-0.39, 0.29) is 30.6 Å². The third kappa shape index (κ3) is 5.33. The number of rotatable bonds is 7. The highest BCUT2D eigenvalue weighted by Gasteiger charge is 2.52. The third-order valence-electron chi connectivity index (χ3n) is 8.60. The number of benzene rings is 1. The van der Waals surface area contributed by atoms with Crippen LogP contribution in [0, 0.1) is 23.6 Å². The Balaban J connectivity index is 1.26. The molecule has 3 heterocycles. The first-order chi connectivity index (χ1) is 17.5. The van der Waals surface area contributed by atoms with E-state index in [4.69, 9.17) is 10.5 Å². The van der Waals surface area contributed by atoms with Gasteiger partial charge in [-0.05, 0) is 89.0 Å². The molecule has 3 N–H and O–H groups in total. The lowest BCUT2D eigenvalue weighted by atomic mass is 9.87. The molecule has 6 atom stereocenters. The van der Waals surface area contributed by atoms with Gasteiger partial charge in [-0.25, -0.2) is 9.18 Å². The molecule has 3 saturated heterocycles. The number of ether oxygens (including phenoxy) is 1. The fraction of sp³-hybridized carbons (Fsp3) is 0.679. The quantitative estimate of drug-likeness (QED) is 0.580. The molecule has 1 aromatic carbocycles. The third-order valence-corrected chi connectivity index (χ3v) is 8.60. The molecule has 2 unspecified atom stereocenters. The minimum atomic E-state index is -0.845. The number of nitrogens with two attached hydrogens (primary N) is 1. The van der Waals surface area contributed by atoms with Crippen LogP contribution in [0.15, 0.2) is 18.2 Å². The number of ketones is 1. The van der Waals surface area contributed by atoms with Crippen LogP contribution in [0.5, 0.6) is 0 Å². The Labute approximate surface area is 218 Å². The molecule has 0 radical (unpaired) electrons. The number of primary amides is 1. The molecule has 2 bridgehead atoms. The van der Waals surface area contributed by atoms with Crippen molar-refractivity contribution >= 4 is 23.5 Å². The van der Waals surface area contributed by atoms with Crippen LogP contribution in [0.1, 0.15) is 58.4 Å². The number of carbonyl (C=O) groups is 3. The van der Waals surface area contributed by atoms with Crippen LogP contribution in [0.25, 0.3) is 0 Å². The number of nitrogens with one attached hydrogen (secondary N) is 1. The maximum atomic E-state index is 15.2. The van der Waals surface area contributed by atoms with Crippen LogP contribution in [0.4, 0.5) is 14.9 Å². The van der Waals surface area contributed by atoms with Crippen molar-refractivity contribution in [2.24, 2.45) is 23.5 Å². The van der Waals surface area contributed by atoms with E-state index in [0.29, 0.717) is 17.5 Å². The molecular weight excluding hydrogens is 475 g/mol. The zero-order valence-electron chi connectivity index (χ0n) is 22.0. The second-order valence-corrected chi connectivity index (χ2v) is 12.3. The summed E-state index contributed by atoms with van der Waals surface area (Å²) in [6.45, 7) is 8.20. The van der Waals surface area contributed by atoms with Crippen LogP contribution in [-0.2, 0) is 20.7 Å². The summed E-state index contributed by atoms with van der Waals surface area (Å²) in [6, 6.07) is 4.93. The summed E-state index contributed by atoms with van der Waals surface area (Å²) in [7, 11) is 0. The predicted octanol–water partition coefficient (Wildman–Crippen LogP) is 3.02. The Kier molecular flexibility index (Phi) is 6.94. The Morgan fingerprint density at radius 1 is 1.16 bits per heavy atom. The second kappa shape index (κ2) is 9.89. The van der Waals surface area contributed by atoms with Crippen LogP contribution >= 0.6 is 0 Å². The molecule has 1 aromatic rings. The van der Waals surface area contributed by atoms with Crippen LogP contribution in [0.2, 0.25) is 0 Å². The van der Waals surface area contributed by atoms with Crippen molar-refractivity contribution < 1.29 is 23.5 Å². The SMILES string of the molecule is CC(C)(C)OC(=O)N1[C@@H]2CC[C@@H](C2)[C@H]1C(=O)C[C@@H](Cc1ccc(N2CC3CCNC3C2)cc1F)C(N)=O. The topological polar surface area (TPSA) is 105 Å². The van der Waals surface area contributed by atoms with Gasteiger partial charge in [0.25, 0.3) is 0 Å². The molecule has 0 aromatic heterocycles. The van der Waals surface area contributed by atoms with Gasteiger partial charge in [-0.15, -0.1) is 0 Å². The number of hydrogen-bond donors (Lipinski definition) is 2. The van der Waals surface area contributed by atoms with Gasteiger partial charge in [0.15, 0.2) is 5.78 Å². The highest BCUT2D eigenvalue weighted by Crippen LogP contribution is 2.44. The van der Waals surface area contributed by atoms with Gasteiger partial charge in [-0.1, -0.05) is 6.07 Å². The van der Waals surface area contributed by atoms with Crippen molar-refractivity contribution in [3.63, 3.8) is 0 Å². The minimum absolute atomic E-state index is 0.0221. The monoisotopic (exact) mass is 514 g/mol. The fourth-order valence-corrected chi connectivity index (χ4v) is 6.84. The number of anilines is 1. The summed E-state index contributed by atoms with van der Waals surface area (Å²) < 4.78 is 20.7. The lowest BCUT2D eigenvalue weighted by Crippen LogP contribution is -2.51. The van der Waals surface area contributed by atoms with E-state index in [1.807, 2.05) is 6.07 Å². The predicted molar refractivity (Wildman–Crippen MR) is 138 cm³/mol. The smallest absolute Gasteiger partial charge is 0.411 e. The van der Waals surface area contributed by atoms with Gasteiger partial charge < -0.3 is 20.7 Å². The highest BCUT2D eigenvalue weighted by atomic mass is 19.1. The van der Waals surface area contributed by atoms with Crippen molar-refractivity contribution in [2.75, 3.05) is 24.5 Å². The Hall–Kier alpha value is -2.68. The van der Waals surface area contributed by atoms with Gasteiger partial charge in [-0.3, -0.25) is 14.5 Å². The normalized spacial score (nSPS) is 29.5. The maximum absolute atomic E-state index is 15.2. The molecule has 1 aliphatic carbocycles. The number of nitrogens with zero attached hydrogens (tertiary/aromatic N) is 2. The van der Waals surface area contributed by atoms with Gasteiger partial charge in [0.2, 0.25) is 5.91 Å². The number of fused-ring (bicyclic) bond motifs is 3. The van der Waals surface area contributed by atoms with Crippen molar-refractivity contribution in [3.8, 4) is 0 Å². The van der Waals surface area contributed by atoms with Gasteiger partial charge in [0.05, 0.1) is 6.04 Å². The standard InChI is InChI=1S/C28H39FN4O4/c1-28(2,3)37-27(36)33-21-7-5-17(11-21)25(33)24(34)12-19(26(30)35)10-16-4-6-20(13-22(16)29)32-14-18-8-9-31-23(18)15-32/h4,6,13,17-19,21,23,25,31H,5,7-12,14-15H2,1-3H3,(H2,30,35)/t17-,18?,19+,21+,23?,25-/m0/s1. The summed E-state index contributed by atoms with van der Waals surface area (Å²) >= 11 is 0. The van der Waals surface area contributed by atoms with Crippen molar-refractivity contribution in [1.82, 2.24) is 10.2 Å². The summed E-state index contributed by atoms with van der Waals surface area (Å²) in [5.41, 5.74) is 6.22. The van der Waals surface area contributed by atoms with E-state index >= 15 is 4.39 Å². The molecular formula is C28H39FN4O4. The van der Waals surface area contributed by atoms with Crippen LogP contribution in [-0.4, -0.2) is 66.0 Å².